The molecule has 1 saturated carbocycles. The maximum atomic E-state index is 5.45. The van der Waals surface area contributed by atoms with E-state index in [-0.39, 0.29) is 0 Å². The third-order valence-corrected chi connectivity index (χ3v) is 6.33. The number of ether oxygens (including phenoxy) is 1. The molecule has 0 aromatic heterocycles. The monoisotopic (exact) mass is 373 g/mol. The molecule has 0 unspecified atom stereocenters. The largest absolute Gasteiger partial charge is 0.381 e. The molecular formula is C23H35NOS. The minimum absolute atomic E-state index is 0.296. The minimum atomic E-state index is 0.296. The molecule has 1 aliphatic heterocycles. The Balaban J connectivity index is 1.58. The second-order valence-electron chi connectivity index (χ2n) is 7.53. The zero-order valence-corrected chi connectivity index (χ0v) is 17.5. The lowest BCUT2D eigenvalue weighted by molar-refractivity contribution is 0.0981. The van der Waals surface area contributed by atoms with E-state index in [0.29, 0.717) is 12.1 Å². The number of nitrogens with zero attached hydrogens (tertiary/aromatic N) is 1. The summed E-state index contributed by atoms with van der Waals surface area (Å²) in [6.07, 6.45) is 20.1. The van der Waals surface area contributed by atoms with E-state index in [1.165, 1.54) is 17.0 Å². The molecule has 0 aromatic carbocycles. The molecule has 1 aliphatic carbocycles. The van der Waals surface area contributed by atoms with Crippen molar-refractivity contribution >= 4 is 16.8 Å². The topological polar surface area (TPSA) is 21.6 Å². The molecule has 2 aliphatic rings. The van der Waals surface area contributed by atoms with Gasteiger partial charge in [-0.25, -0.2) is 0 Å². The van der Waals surface area contributed by atoms with E-state index in [9.17, 15) is 0 Å². The predicted molar refractivity (Wildman–Crippen MR) is 117 cm³/mol. The Labute approximate surface area is 164 Å². The van der Waals surface area contributed by atoms with Crippen molar-refractivity contribution in [3.8, 4) is 0 Å². The molecule has 1 heterocycles. The lowest BCUT2D eigenvalue weighted by Gasteiger charge is -2.12. The van der Waals surface area contributed by atoms with Crippen LogP contribution in [0, 0.1) is 11.8 Å². The molecule has 3 heteroatoms. The number of hydrogen-bond acceptors (Lipinski definition) is 3. The summed E-state index contributed by atoms with van der Waals surface area (Å²) in [5.41, 5.74) is 1.40. The van der Waals surface area contributed by atoms with Crippen LogP contribution >= 0.6 is 11.8 Å². The highest BCUT2D eigenvalue weighted by molar-refractivity contribution is 8.14. The van der Waals surface area contributed by atoms with Crippen molar-refractivity contribution in [1.29, 1.82) is 0 Å². The van der Waals surface area contributed by atoms with Gasteiger partial charge in [0.25, 0.3) is 0 Å². The van der Waals surface area contributed by atoms with Crippen LogP contribution in [0.5, 0.6) is 0 Å². The Kier molecular flexibility index (Phi) is 9.49. The van der Waals surface area contributed by atoms with Crippen molar-refractivity contribution < 1.29 is 4.74 Å². The van der Waals surface area contributed by atoms with Gasteiger partial charge in [-0.3, -0.25) is 4.99 Å². The fourth-order valence-electron chi connectivity index (χ4n) is 3.14. The SMILES string of the molecule is C=CC[C@@H](CC/C(C)=C/C=C/CCC=C[C@@H]1CSC([C@@H]2C[C@@H]2C)=N1)OC. The van der Waals surface area contributed by atoms with Crippen LogP contribution in [0.3, 0.4) is 0 Å². The zero-order chi connectivity index (χ0) is 18.8. The summed E-state index contributed by atoms with van der Waals surface area (Å²) < 4.78 is 5.45. The van der Waals surface area contributed by atoms with Gasteiger partial charge >= 0.3 is 0 Å². The normalized spacial score (nSPS) is 27.3. The summed E-state index contributed by atoms with van der Waals surface area (Å²) in [5.74, 6) is 2.79. The maximum Gasteiger partial charge on any atom is 0.0783 e. The average Bonchev–Trinajstić information content (AvgIpc) is 3.18. The van der Waals surface area contributed by atoms with E-state index in [4.69, 9.17) is 9.73 Å². The fraction of sp³-hybridized carbons (Fsp3) is 0.609. The van der Waals surface area contributed by atoms with E-state index in [2.05, 4.69) is 50.8 Å². The van der Waals surface area contributed by atoms with Crippen LogP contribution in [0.4, 0.5) is 0 Å². The van der Waals surface area contributed by atoms with Gasteiger partial charge in [0.2, 0.25) is 0 Å². The van der Waals surface area contributed by atoms with Gasteiger partial charge in [-0.05, 0) is 51.4 Å². The van der Waals surface area contributed by atoms with E-state index in [0.717, 1.165) is 49.7 Å². The Bertz CT molecular complexity index is 561. The maximum absolute atomic E-state index is 5.45. The van der Waals surface area contributed by atoms with Crippen molar-refractivity contribution in [3.63, 3.8) is 0 Å². The third-order valence-electron chi connectivity index (χ3n) is 5.12. The molecule has 144 valence electrons. The van der Waals surface area contributed by atoms with Gasteiger partial charge in [0, 0.05) is 18.8 Å². The zero-order valence-electron chi connectivity index (χ0n) is 16.7. The van der Waals surface area contributed by atoms with Crippen LogP contribution in [0.1, 0.15) is 52.4 Å². The highest BCUT2D eigenvalue weighted by atomic mass is 32.2. The molecule has 0 spiro atoms. The summed E-state index contributed by atoms with van der Waals surface area (Å²) >= 11 is 1.97. The van der Waals surface area contributed by atoms with E-state index >= 15 is 0 Å². The first-order valence-electron chi connectivity index (χ1n) is 9.97. The van der Waals surface area contributed by atoms with Crippen molar-refractivity contribution in [2.45, 2.75) is 64.5 Å². The Morgan fingerprint density at radius 2 is 2.15 bits per heavy atom. The van der Waals surface area contributed by atoms with Gasteiger partial charge in [-0.1, -0.05) is 49.0 Å². The molecule has 0 amide bonds. The number of unbranched alkanes of at least 4 members (excludes halogenated alkanes) is 1. The van der Waals surface area contributed by atoms with Crippen LogP contribution in [0.15, 0.2) is 53.6 Å². The molecular weight excluding hydrogens is 338 g/mol. The first-order valence-corrected chi connectivity index (χ1v) is 11.0. The van der Waals surface area contributed by atoms with E-state index in [1.54, 1.807) is 7.11 Å². The van der Waals surface area contributed by atoms with E-state index in [1.807, 2.05) is 17.8 Å². The van der Waals surface area contributed by atoms with Gasteiger partial charge in [0.05, 0.1) is 17.2 Å². The smallest absolute Gasteiger partial charge is 0.0783 e. The van der Waals surface area contributed by atoms with Gasteiger partial charge in [0.1, 0.15) is 0 Å². The van der Waals surface area contributed by atoms with Crippen LogP contribution in [-0.2, 0) is 4.74 Å². The first-order chi connectivity index (χ1) is 12.6. The lowest BCUT2D eigenvalue weighted by Crippen LogP contribution is -2.08. The lowest BCUT2D eigenvalue weighted by atomic mass is 10.1. The number of methoxy groups -OCH3 is 1. The third kappa shape index (κ3) is 7.67. The Morgan fingerprint density at radius 3 is 2.85 bits per heavy atom. The van der Waals surface area contributed by atoms with Crippen LogP contribution in [0.2, 0.25) is 0 Å². The summed E-state index contributed by atoms with van der Waals surface area (Å²) in [5, 5.41) is 1.41. The van der Waals surface area contributed by atoms with Gasteiger partial charge in [-0.2, -0.15) is 0 Å². The van der Waals surface area contributed by atoms with Crippen LogP contribution in [0.25, 0.3) is 0 Å². The number of hydrogen-bond donors (Lipinski definition) is 0. The molecule has 1 fully saturated rings. The quantitative estimate of drug-likeness (QED) is 0.225. The molecule has 0 saturated heterocycles. The highest BCUT2D eigenvalue weighted by Crippen LogP contribution is 2.44. The van der Waals surface area contributed by atoms with Crippen LogP contribution in [-0.4, -0.2) is 30.1 Å². The molecule has 0 radical (unpaired) electrons. The second kappa shape index (κ2) is 11.6. The van der Waals surface area contributed by atoms with Gasteiger partial charge < -0.3 is 4.74 Å². The fourth-order valence-corrected chi connectivity index (χ4v) is 4.42. The van der Waals surface area contributed by atoms with Crippen molar-refractivity contribution in [3.05, 3.63) is 48.6 Å². The summed E-state index contributed by atoms with van der Waals surface area (Å²) in [6.45, 7) is 8.31. The number of thioether (sulfide) groups is 1. The van der Waals surface area contributed by atoms with Gasteiger partial charge in [0.15, 0.2) is 0 Å². The number of aliphatic imine (C=N–C) groups is 1. The Hall–Kier alpha value is -1.06. The van der Waals surface area contributed by atoms with E-state index < -0.39 is 0 Å². The molecule has 26 heavy (non-hydrogen) atoms. The van der Waals surface area contributed by atoms with Crippen molar-refractivity contribution in [2.75, 3.05) is 12.9 Å². The minimum Gasteiger partial charge on any atom is -0.381 e. The number of allylic oxidation sites excluding steroid dienone is 5. The average molecular weight is 374 g/mol. The predicted octanol–water partition coefficient (Wildman–Crippen LogP) is 6.37. The second-order valence-corrected chi connectivity index (χ2v) is 8.57. The molecule has 0 N–H and O–H groups in total. The number of rotatable bonds is 12. The summed E-state index contributed by atoms with van der Waals surface area (Å²) in [7, 11) is 1.78. The molecule has 2 rings (SSSR count). The highest BCUT2D eigenvalue weighted by Gasteiger charge is 2.39. The van der Waals surface area contributed by atoms with Gasteiger partial charge in [-0.15, -0.1) is 18.3 Å². The van der Waals surface area contributed by atoms with Crippen molar-refractivity contribution in [2.24, 2.45) is 16.8 Å². The molecule has 0 aromatic rings. The molecule has 2 nitrogen and oxygen atoms in total. The molecule has 4 atom stereocenters. The summed E-state index contributed by atoms with van der Waals surface area (Å²) in [4.78, 5) is 4.86. The molecule has 0 bridgehead atoms. The standard InChI is InChI=1S/C23H35NOS/c1-5-11-21(25-4)15-14-18(2)12-9-7-6-8-10-13-20-17-26-23(24-20)22-16-19(22)3/h5,7,9-10,12-13,19-22H,1,6,8,11,14-17H2,2-4H3/b9-7+,13-10?,18-12+/t19-,20+,21-,22+/m0/s1. The summed E-state index contributed by atoms with van der Waals surface area (Å²) in [6, 6.07) is 0.415. The first kappa shape index (κ1) is 21.2. The Morgan fingerprint density at radius 1 is 1.38 bits per heavy atom. The van der Waals surface area contributed by atoms with Crippen molar-refractivity contribution in [1.82, 2.24) is 0 Å². The van der Waals surface area contributed by atoms with Crippen LogP contribution < -0.4 is 0 Å².